The number of nitrogens with two attached hydrogens (primary N) is 1. The first-order valence-electron chi connectivity index (χ1n) is 10.7. The highest BCUT2D eigenvalue weighted by molar-refractivity contribution is 8.00. The first-order valence-corrected chi connectivity index (χ1v) is 12.4. The summed E-state index contributed by atoms with van der Waals surface area (Å²) in [4.78, 5) is 16.0. The molecule has 184 valence electrons. The van der Waals surface area contributed by atoms with Gasteiger partial charge in [0.2, 0.25) is 0 Å². The number of aliphatic hydroxyl groups is 1. The fraction of sp³-hybridized carbons (Fsp3) is 0.391. The molecule has 1 fully saturated rings. The lowest BCUT2D eigenvalue weighted by atomic mass is 9.84. The smallest absolute Gasteiger partial charge is 0.390 e. The number of fused-ring (bicyclic) bond motifs is 1. The van der Waals surface area contributed by atoms with Gasteiger partial charge in [-0.2, -0.15) is 13.2 Å². The number of anilines is 2. The zero-order chi connectivity index (χ0) is 24.8. The molecule has 2 aromatic carbocycles. The Morgan fingerprint density at radius 3 is 2.56 bits per heavy atom. The van der Waals surface area contributed by atoms with Gasteiger partial charge in [0.05, 0.1) is 26.6 Å². The van der Waals surface area contributed by atoms with Gasteiger partial charge in [-0.15, -0.1) is 0 Å². The summed E-state index contributed by atoms with van der Waals surface area (Å²) in [7, 11) is 0. The Balaban J connectivity index is 0.000000204. The number of benzene rings is 2. The number of piperidine rings is 1. The van der Waals surface area contributed by atoms with E-state index < -0.39 is 17.7 Å². The van der Waals surface area contributed by atoms with E-state index in [9.17, 15) is 23.1 Å². The van der Waals surface area contributed by atoms with Crippen molar-refractivity contribution < 1.29 is 23.1 Å². The zero-order valence-corrected chi connectivity index (χ0v) is 20.2. The normalized spacial score (nSPS) is 16.4. The van der Waals surface area contributed by atoms with Gasteiger partial charge in [-0.3, -0.25) is 4.79 Å². The molecule has 4 rings (SSSR count). The summed E-state index contributed by atoms with van der Waals surface area (Å²) < 4.78 is 41.1. The van der Waals surface area contributed by atoms with Crippen LogP contribution in [0.25, 0.3) is 10.2 Å². The molecule has 1 atom stereocenters. The number of rotatable bonds is 6. The Labute approximate surface area is 204 Å². The van der Waals surface area contributed by atoms with Crippen LogP contribution >= 0.6 is 23.3 Å². The van der Waals surface area contributed by atoms with Gasteiger partial charge in [-0.1, -0.05) is 24.3 Å². The molecule has 6 nitrogen and oxygen atoms in total. The molecule has 1 aliphatic rings. The van der Waals surface area contributed by atoms with Crippen LogP contribution in [-0.4, -0.2) is 41.2 Å². The van der Waals surface area contributed by atoms with Crippen molar-refractivity contribution in [2.75, 3.05) is 23.5 Å². The monoisotopic (exact) mass is 512 g/mol. The van der Waals surface area contributed by atoms with Crippen LogP contribution in [0, 0.1) is 5.92 Å². The molecule has 2 heterocycles. The number of nitrogens with one attached hydrogen (secondary N) is 2. The Hall–Kier alpha value is -2.34. The maximum atomic E-state index is 12.2. The molecule has 1 aromatic heterocycles. The Kier molecular flexibility index (Phi) is 8.80. The fourth-order valence-corrected chi connectivity index (χ4v) is 5.14. The summed E-state index contributed by atoms with van der Waals surface area (Å²) in [5, 5.41) is 13.4. The van der Waals surface area contributed by atoms with Crippen LogP contribution in [0.2, 0.25) is 0 Å². The quantitative estimate of drug-likeness (QED) is 0.256. The van der Waals surface area contributed by atoms with Crippen molar-refractivity contribution in [2.45, 2.75) is 42.9 Å². The molecule has 3 aromatic rings. The lowest BCUT2D eigenvalue weighted by molar-refractivity contribution is -0.185. The number of carbonyl (C=O) groups is 1. The van der Waals surface area contributed by atoms with Crippen molar-refractivity contribution in [1.82, 2.24) is 10.3 Å². The zero-order valence-electron chi connectivity index (χ0n) is 18.6. The Morgan fingerprint density at radius 1 is 1.26 bits per heavy atom. The third-order valence-corrected chi connectivity index (χ3v) is 7.24. The van der Waals surface area contributed by atoms with Crippen LogP contribution in [0.15, 0.2) is 47.4 Å². The first-order chi connectivity index (χ1) is 16.1. The third-order valence-electron chi connectivity index (χ3n) is 5.50. The largest absolute Gasteiger partial charge is 0.391 e. The lowest BCUT2D eigenvalue weighted by Crippen LogP contribution is -2.44. The van der Waals surface area contributed by atoms with Crippen LogP contribution in [0.1, 0.15) is 36.5 Å². The van der Waals surface area contributed by atoms with Crippen LogP contribution in [0.4, 0.5) is 24.0 Å². The van der Waals surface area contributed by atoms with E-state index >= 15 is 0 Å². The number of nitrogens with zero attached hydrogens (tertiary/aromatic N) is 1. The van der Waals surface area contributed by atoms with Crippen LogP contribution < -0.4 is 15.8 Å². The summed E-state index contributed by atoms with van der Waals surface area (Å²) in [6.07, 6.45) is -2.73. The highest BCUT2D eigenvalue weighted by Gasteiger charge is 2.42. The summed E-state index contributed by atoms with van der Waals surface area (Å²) in [5.74, 6) is -1.43. The minimum atomic E-state index is -4.19. The molecular formula is C23H27F3N4O2S2. The van der Waals surface area contributed by atoms with E-state index in [1.807, 2.05) is 30.3 Å². The van der Waals surface area contributed by atoms with E-state index in [4.69, 9.17) is 5.73 Å². The van der Waals surface area contributed by atoms with Crippen molar-refractivity contribution in [3.05, 3.63) is 48.0 Å². The standard InChI is InChI=1S/C14H11N3OS2.C9H16F3NO/c15-14-16-13-11(19-14)2-1-3-12(13)20-17-10-6-4-9(8-18)5-7-10;1-7(9(10,11)12)6-8(14)2-4-13-5-3-8/h1-8,17H,(H2,15,16);7,13-14H,2-6H2,1H3. The van der Waals surface area contributed by atoms with Gasteiger partial charge in [-0.05, 0) is 80.7 Å². The number of aldehydes is 1. The lowest BCUT2D eigenvalue weighted by Gasteiger charge is -2.35. The minimum absolute atomic E-state index is 0.182. The van der Waals surface area contributed by atoms with Crippen molar-refractivity contribution in [3.63, 3.8) is 0 Å². The van der Waals surface area contributed by atoms with Gasteiger partial charge < -0.3 is 20.9 Å². The van der Waals surface area contributed by atoms with Crippen molar-refractivity contribution in [3.8, 4) is 0 Å². The number of hydrogen-bond acceptors (Lipinski definition) is 8. The maximum Gasteiger partial charge on any atom is 0.391 e. The second-order valence-corrected chi connectivity index (χ2v) is 10.1. The third kappa shape index (κ3) is 7.33. The summed E-state index contributed by atoms with van der Waals surface area (Å²) >= 11 is 2.96. The van der Waals surface area contributed by atoms with Gasteiger partial charge in [0.1, 0.15) is 6.29 Å². The molecule has 0 spiro atoms. The first kappa shape index (κ1) is 26.3. The number of thiazole rings is 1. The molecule has 34 heavy (non-hydrogen) atoms. The average Bonchev–Trinajstić information content (AvgIpc) is 3.19. The molecule has 1 aliphatic heterocycles. The van der Waals surface area contributed by atoms with Gasteiger partial charge in [-0.25, -0.2) is 4.98 Å². The molecule has 11 heteroatoms. The van der Waals surface area contributed by atoms with E-state index in [-0.39, 0.29) is 6.42 Å². The van der Waals surface area contributed by atoms with E-state index in [1.54, 1.807) is 12.1 Å². The highest BCUT2D eigenvalue weighted by Crippen LogP contribution is 2.35. The molecule has 0 bridgehead atoms. The Morgan fingerprint density at radius 2 is 1.94 bits per heavy atom. The van der Waals surface area contributed by atoms with Crippen molar-refractivity contribution >= 4 is 50.6 Å². The van der Waals surface area contributed by atoms with Gasteiger partial charge in [0.25, 0.3) is 0 Å². The second-order valence-electron chi connectivity index (χ2n) is 8.22. The molecule has 5 N–H and O–H groups in total. The van der Waals surface area contributed by atoms with Crippen LogP contribution in [0.5, 0.6) is 0 Å². The van der Waals surface area contributed by atoms with Gasteiger partial charge in [0.15, 0.2) is 5.13 Å². The predicted octanol–water partition coefficient (Wildman–Crippen LogP) is 5.50. The minimum Gasteiger partial charge on any atom is -0.390 e. The Bertz CT molecular complexity index is 1080. The predicted molar refractivity (Wildman–Crippen MR) is 132 cm³/mol. The molecule has 0 aliphatic carbocycles. The molecule has 1 saturated heterocycles. The number of carbonyl (C=O) groups excluding carboxylic acids is 1. The van der Waals surface area contributed by atoms with Gasteiger partial charge in [0, 0.05) is 11.3 Å². The second kappa shape index (κ2) is 11.4. The number of aromatic nitrogens is 1. The van der Waals surface area contributed by atoms with E-state index in [1.165, 1.54) is 23.3 Å². The van der Waals surface area contributed by atoms with E-state index in [0.29, 0.717) is 36.6 Å². The summed E-state index contributed by atoms with van der Waals surface area (Å²) in [5.41, 5.74) is 7.13. The molecule has 0 amide bonds. The topological polar surface area (TPSA) is 100 Å². The summed E-state index contributed by atoms with van der Waals surface area (Å²) in [6.45, 7) is 2.32. The van der Waals surface area contributed by atoms with Crippen LogP contribution in [0.3, 0.4) is 0 Å². The molecular weight excluding hydrogens is 485 g/mol. The maximum absolute atomic E-state index is 12.2. The molecule has 0 radical (unpaired) electrons. The summed E-state index contributed by atoms with van der Waals surface area (Å²) in [6, 6.07) is 13.3. The van der Waals surface area contributed by atoms with Crippen LogP contribution in [-0.2, 0) is 0 Å². The van der Waals surface area contributed by atoms with E-state index in [2.05, 4.69) is 15.0 Å². The number of para-hydroxylation sites is 1. The van der Waals surface area contributed by atoms with Gasteiger partial charge >= 0.3 is 6.18 Å². The average molecular weight is 513 g/mol. The van der Waals surface area contributed by atoms with Crippen molar-refractivity contribution in [2.24, 2.45) is 5.92 Å². The molecule has 1 unspecified atom stereocenters. The number of alkyl halides is 3. The SMILES string of the molecule is CC(CC1(O)CCNCC1)C(F)(F)F.Nc1nc2c(SNc3ccc(C=O)cc3)cccc2s1. The number of nitrogen functional groups attached to an aromatic ring is 1. The number of hydrogen-bond donors (Lipinski definition) is 4. The number of halogens is 3. The fourth-order valence-electron chi connectivity index (χ4n) is 3.55. The highest BCUT2D eigenvalue weighted by atomic mass is 32.2. The van der Waals surface area contributed by atoms with E-state index in [0.717, 1.165) is 34.0 Å². The molecule has 0 saturated carbocycles. The van der Waals surface area contributed by atoms with Crippen molar-refractivity contribution in [1.29, 1.82) is 0 Å².